The maximum atomic E-state index is 5.27. The quantitative estimate of drug-likeness (QED) is 0.544. The molecule has 4 nitrogen and oxygen atoms in total. The van der Waals surface area contributed by atoms with Crippen LogP contribution in [0.3, 0.4) is 0 Å². The molecule has 0 atom stereocenters. The summed E-state index contributed by atoms with van der Waals surface area (Å²) in [6.07, 6.45) is 2.69. The van der Waals surface area contributed by atoms with E-state index in [9.17, 15) is 0 Å². The monoisotopic (exact) mass is 245 g/mol. The first kappa shape index (κ1) is 13.7. The van der Waals surface area contributed by atoms with Crippen molar-refractivity contribution in [1.82, 2.24) is 15.1 Å². The Morgan fingerprint density at radius 1 is 1.44 bits per heavy atom. The van der Waals surface area contributed by atoms with Crippen molar-refractivity contribution in [3.8, 4) is 0 Å². The summed E-state index contributed by atoms with van der Waals surface area (Å²) in [7, 11) is 3.74. The van der Waals surface area contributed by atoms with E-state index < -0.39 is 0 Å². The van der Waals surface area contributed by atoms with Crippen molar-refractivity contribution in [2.45, 2.75) is 12.8 Å². The van der Waals surface area contributed by atoms with E-state index >= 15 is 0 Å². The smallest absolute Gasteiger partial charge is 0.168 e. The summed E-state index contributed by atoms with van der Waals surface area (Å²) in [4.78, 5) is 4.59. The number of methoxy groups -OCH3 is 1. The summed E-state index contributed by atoms with van der Waals surface area (Å²) >= 11 is 5.27. The van der Waals surface area contributed by atoms with Crippen LogP contribution < -0.4 is 5.32 Å². The van der Waals surface area contributed by atoms with Gasteiger partial charge in [0.15, 0.2) is 5.11 Å². The Hall–Kier alpha value is -0.390. The highest BCUT2D eigenvalue weighted by atomic mass is 32.1. The average Bonchev–Trinajstić information content (AvgIpc) is 2.79. The molecule has 0 bridgehead atoms. The lowest BCUT2D eigenvalue weighted by Crippen LogP contribution is -2.42. The van der Waals surface area contributed by atoms with E-state index in [1.165, 1.54) is 25.9 Å². The van der Waals surface area contributed by atoms with E-state index in [1.807, 2.05) is 7.05 Å². The Bertz CT molecular complexity index is 207. The fourth-order valence-electron chi connectivity index (χ4n) is 1.79. The zero-order valence-corrected chi connectivity index (χ0v) is 11.2. The van der Waals surface area contributed by atoms with Crippen molar-refractivity contribution in [3.63, 3.8) is 0 Å². The molecule has 0 aliphatic carbocycles. The summed E-state index contributed by atoms with van der Waals surface area (Å²) in [5.41, 5.74) is 0. The lowest BCUT2D eigenvalue weighted by Gasteiger charge is -2.24. The van der Waals surface area contributed by atoms with Crippen LogP contribution in [0.5, 0.6) is 0 Å². The minimum atomic E-state index is 0.695. The third-order valence-electron chi connectivity index (χ3n) is 2.88. The number of hydrogen-bond donors (Lipinski definition) is 1. The Morgan fingerprint density at radius 2 is 2.12 bits per heavy atom. The zero-order chi connectivity index (χ0) is 11.8. The van der Waals surface area contributed by atoms with Gasteiger partial charge in [-0.15, -0.1) is 0 Å². The van der Waals surface area contributed by atoms with Crippen molar-refractivity contribution in [2.75, 3.05) is 53.5 Å². The molecule has 0 aromatic rings. The van der Waals surface area contributed by atoms with Crippen molar-refractivity contribution < 1.29 is 4.74 Å². The SMILES string of the molecule is COCCNC(=S)N(C)CCN1CCCC1. The molecule has 1 aliphatic heterocycles. The molecule has 1 heterocycles. The van der Waals surface area contributed by atoms with Crippen LogP contribution in [0.1, 0.15) is 12.8 Å². The molecule has 0 radical (unpaired) electrons. The van der Waals surface area contributed by atoms with E-state index in [0.29, 0.717) is 6.61 Å². The molecule has 1 aliphatic rings. The molecule has 16 heavy (non-hydrogen) atoms. The van der Waals surface area contributed by atoms with Crippen LogP contribution in [-0.4, -0.2) is 68.4 Å². The van der Waals surface area contributed by atoms with Crippen LogP contribution in [0.15, 0.2) is 0 Å². The Labute approximate surface area is 104 Å². The largest absolute Gasteiger partial charge is 0.383 e. The van der Waals surface area contributed by atoms with Crippen LogP contribution in [0.4, 0.5) is 0 Å². The predicted molar refractivity (Wildman–Crippen MR) is 70.8 cm³/mol. The number of likely N-dealkylation sites (tertiary alicyclic amines) is 1. The number of likely N-dealkylation sites (N-methyl/N-ethyl adjacent to an activating group) is 1. The minimum Gasteiger partial charge on any atom is -0.383 e. The van der Waals surface area contributed by atoms with Gasteiger partial charge in [0.2, 0.25) is 0 Å². The standard InChI is InChI=1S/C11H23N3OS/c1-13(11(16)12-5-10-15-2)8-9-14-6-3-4-7-14/h3-10H2,1-2H3,(H,12,16). The Kier molecular flexibility index (Phi) is 6.68. The van der Waals surface area contributed by atoms with Crippen LogP contribution >= 0.6 is 12.2 Å². The Balaban J connectivity index is 2.07. The summed E-state index contributed by atoms with van der Waals surface area (Å²) in [5, 5.41) is 3.99. The fraction of sp³-hybridized carbons (Fsp3) is 0.909. The van der Waals surface area contributed by atoms with Gasteiger partial charge in [-0.3, -0.25) is 0 Å². The number of hydrogen-bond acceptors (Lipinski definition) is 3. The highest BCUT2D eigenvalue weighted by Crippen LogP contribution is 2.06. The van der Waals surface area contributed by atoms with Crippen molar-refractivity contribution >= 4 is 17.3 Å². The summed E-state index contributed by atoms with van der Waals surface area (Å²) in [6, 6.07) is 0. The minimum absolute atomic E-state index is 0.695. The van der Waals surface area contributed by atoms with E-state index in [0.717, 1.165) is 24.7 Å². The molecule has 94 valence electrons. The second-order valence-electron chi connectivity index (χ2n) is 4.20. The maximum Gasteiger partial charge on any atom is 0.168 e. The van der Waals surface area contributed by atoms with Crippen LogP contribution in [0.25, 0.3) is 0 Å². The van der Waals surface area contributed by atoms with Gasteiger partial charge in [-0.2, -0.15) is 0 Å². The number of nitrogens with one attached hydrogen (secondary N) is 1. The molecule has 0 unspecified atom stereocenters. The average molecular weight is 245 g/mol. The van der Waals surface area contributed by atoms with E-state index in [-0.39, 0.29) is 0 Å². The first-order chi connectivity index (χ1) is 7.74. The van der Waals surface area contributed by atoms with E-state index in [1.54, 1.807) is 7.11 Å². The molecule has 1 rings (SSSR count). The molecule has 1 fully saturated rings. The van der Waals surface area contributed by atoms with Gasteiger partial charge in [0.1, 0.15) is 0 Å². The van der Waals surface area contributed by atoms with Gasteiger partial charge in [-0.1, -0.05) is 0 Å². The van der Waals surface area contributed by atoms with Gasteiger partial charge >= 0.3 is 0 Å². The number of ether oxygens (including phenoxy) is 1. The van der Waals surface area contributed by atoms with Crippen molar-refractivity contribution in [3.05, 3.63) is 0 Å². The zero-order valence-electron chi connectivity index (χ0n) is 10.4. The fourth-order valence-corrected chi connectivity index (χ4v) is 1.99. The molecular weight excluding hydrogens is 222 g/mol. The van der Waals surface area contributed by atoms with E-state index in [4.69, 9.17) is 17.0 Å². The van der Waals surface area contributed by atoms with Crippen molar-refractivity contribution in [2.24, 2.45) is 0 Å². The molecule has 0 saturated carbocycles. The second kappa shape index (κ2) is 7.81. The normalized spacial score (nSPS) is 16.4. The summed E-state index contributed by atoms with van der Waals surface area (Å²) < 4.78 is 4.96. The van der Waals surface area contributed by atoms with Gasteiger partial charge in [-0.05, 0) is 38.1 Å². The summed E-state index contributed by atoms with van der Waals surface area (Å²) in [5.74, 6) is 0. The second-order valence-corrected chi connectivity index (χ2v) is 4.58. The van der Waals surface area contributed by atoms with Crippen LogP contribution in [0.2, 0.25) is 0 Å². The Morgan fingerprint density at radius 3 is 2.75 bits per heavy atom. The predicted octanol–water partition coefficient (Wildman–Crippen LogP) is 0.535. The first-order valence-electron chi connectivity index (χ1n) is 5.94. The van der Waals surface area contributed by atoms with E-state index in [2.05, 4.69) is 15.1 Å². The molecule has 0 aromatic heterocycles. The van der Waals surface area contributed by atoms with Crippen LogP contribution in [-0.2, 0) is 4.74 Å². The molecule has 1 N–H and O–H groups in total. The van der Waals surface area contributed by atoms with Gasteiger partial charge in [-0.25, -0.2) is 0 Å². The highest BCUT2D eigenvalue weighted by Gasteiger charge is 2.12. The third-order valence-corrected chi connectivity index (χ3v) is 3.34. The first-order valence-corrected chi connectivity index (χ1v) is 6.35. The van der Waals surface area contributed by atoms with Crippen LogP contribution in [0, 0.1) is 0 Å². The highest BCUT2D eigenvalue weighted by molar-refractivity contribution is 7.80. The number of rotatable bonds is 6. The molecule has 5 heteroatoms. The van der Waals surface area contributed by atoms with Gasteiger partial charge in [0.05, 0.1) is 6.61 Å². The lowest BCUT2D eigenvalue weighted by molar-refractivity contribution is 0.203. The lowest BCUT2D eigenvalue weighted by atomic mass is 10.4. The molecule has 0 spiro atoms. The maximum absolute atomic E-state index is 5.27. The van der Waals surface area contributed by atoms with Gasteiger partial charge < -0.3 is 19.9 Å². The molecule has 0 aromatic carbocycles. The van der Waals surface area contributed by atoms with Gasteiger partial charge in [0.25, 0.3) is 0 Å². The number of thiocarbonyl (C=S) groups is 1. The third kappa shape index (κ3) is 5.09. The molecule has 1 saturated heterocycles. The van der Waals surface area contributed by atoms with Crippen molar-refractivity contribution in [1.29, 1.82) is 0 Å². The van der Waals surface area contributed by atoms with Gasteiger partial charge in [0, 0.05) is 33.8 Å². The molecular formula is C11H23N3OS. The summed E-state index contributed by atoms with van der Waals surface area (Å²) in [6.45, 7) is 6.08. The topological polar surface area (TPSA) is 27.7 Å². The molecule has 0 amide bonds. The number of nitrogens with zero attached hydrogens (tertiary/aromatic N) is 2.